The monoisotopic (exact) mass is 986 g/mol. The summed E-state index contributed by atoms with van der Waals surface area (Å²) in [6, 6.07) is -0.741. The summed E-state index contributed by atoms with van der Waals surface area (Å²) in [5.74, 6) is -0.174. The zero-order valence-electron chi connectivity index (χ0n) is 45.3. The van der Waals surface area contributed by atoms with Crippen LogP contribution in [0.4, 0.5) is 0 Å². The van der Waals surface area contributed by atoms with Crippen molar-refractivity contribution in [2.75, 3.05) is 13.2 Å². The van der Waals surface area contributed by atoms with Gasteiger partial charge in [-0.25, -0.2) is 0 Å². The van der Waals surface area contributed by atoms with Crippen molar-refractivity contribution in [2.45, 2.75) is 307 Å². The number of aliphatic hydroxyl groups excluding tert-OH is 5. The number of nitrogens with one attached hydrogen (secondary N) is 1. The minimum atomic E-state index is -1.56. The summed E-state index contributed by atoms with van der Waals surface area (Å²) in [6.45, 7) is 3.72. The average Bonchev–Trinajstić information content (AvgIpc) is 3.36. The van der Waals surface area contributed by atoms with E-state index in [0.29, 0.717) is 12.8 Å². The molecule has 7 unspecified atom stereocenters. The summed E-state index contributed by atoms with van der Waals surface area (Å²) < 4.78 is 11.3. The molecule has 408 valence electrons. The number of rotatable bonds is 50. The molecule has 0 bridgehead atoms. The van der Waals surface area contributed by atoms with Crippen LogP contribution in [-0.4, -0.2) is 87.5 Å². The van der Waals surface area contributed by atoms with Gasteiger partial charge in [-0.2, -0.15) is 0 Å². The van der Waals surface area contributed by atoms with Crippen molar-refractivity contribution in [2.24, 2.45) is 0 Å². The second-order valence-electron chi connectivity index (χ2n) is 20.4. The van der Waals surface area contributed by atoms with Gasteiger partial charge in [0.15, 0.2) is 6.29 Å². The van der Waals surface area contributed by atoms with Crippen LogP contribution in [0.25, 0.3) is 0 Å². The molecule has 0 aromatic rings. The molecule has 0 aromatic heterocycles. The van der Waals surface area contributed by atoms with Crippen LogP contribution >= 0.6 is 0 Å². The highest BCUT2D eigenvalue weighted by Crippen LogP contribution is 2.23. The summed E-state index contributed by atoms with van der Waals surface area (Å²) in [7, 11) is 0. The lowest BCUT2D eigenvalue weighted by atomic mass is 9.99. The first-order chi connectivity index (χ1) is 34.3. The van der Waals surface area contributed by atoms with Crippen molar-refractivity contribution in [3.05, 3.63) is 60.8 Å². The molecule has 1 aliphatic rings. The molecule has 6 N–H and O–H groups in total. The molecule has 1 rings (SSSR count). The number of aliphatic hydroxyl groups is 5. The molecule has 0 radical (unpaired) electrons. The Bertz CT molecular complexity index is 1280. The number of carbonyl (C=O) groups is 1. The van der Waals surface area contributed by atoms with Crippen LogP contribution in [0.1, 0.15) is 264 Å². The zero-order chi connectivity index (χ0) is 50.8. The highest BCUT2D eigenvalue weighted by Gasteiger charge is 2.44. The lowest BCUT2D eigenvalue weighted by Crippen LogP contribution is -2.60. The van der Waals surface area contributed by atoms with E-state index in [-0.39, 0.29) is 12.5 Å². The molecule has 1 amide bonds. The quantitative estimate of drug-likeness (QED) is 0.0261. The maximum absolute atomic E-state index is 13.1. The van der Waals surface area contributed by atoms with Gasteiger partial charge in [0, 0.05) is 6.42 Å². The number of carbonyl (C=O) groups excluding carboxylic acids is 1. The van der Waals surface area contributed by atoms with Crippen molar-refractivity contribution in [1.82, 2.24) is 5.32 Å². The highest BCUT2D eigenvalue weighted by atomic mass is 16.7. The number of hydrogen-bond acceptors (Lipinski definition) is 8. The van der Waals surface area contributed by atoms with Crippen LogP contribution in [0.15, 0.2) is 60.8 Å². The van der Waals surface area contributed by atoms with Crippen LogP contribution in [-0.2, 0) is 14.3 Å². The molecule has 7 atom stereocenters. The highest BCUT2D eigenvalue weighted by molar-refractivity contribution is 5.76. The molecule has 1 aliphatic heterocycles. The Labute approximate surface area is 430 Å². The maximum Gasteiger partial charge on any atom is 0.220 e. The SMILES string of the molecule is CC/C=C\C/C=C\C/C=C\C/C=C\C/C=C\CCCCCC(=O)NC(COC1OC(CO)C(O)C(O)C1O)C(O)CCCCCCCCCCCCCCCCCCCCCCCCCCCCCC. The van der Waals surface area contributed by atoms with Crippen LogP contribution in [0.2, 0.25) is 0 Å². The number of allylic oxidation sites excluding steroid dienone is 10. The van der Waals surface area contributed by atoms with E-state index in [4.69, 9.17) is 9.47 Å². The van der Waals surface area contributed by atoms with Gasteiger partial charge in [-0.1, -0.05) is 261 Å². The Morgan fingerprint density at radius 1 is 0.500 bits per heavy atom. The molecule has 1 fully saturated rings. The number of unbranched alkanes of at least 4 members (excludes halogenated alkanes) is 30. The molecule has 0 spiro atoms. The predicted octanol–water partition coefficient (Wildman–Crippen LogP) is 14.7. The minimum absolute atomic E-state index is 0.154. The van der Waals surface area contributed by atoms with Gasteiger partial charge >= 0.3 is 0 Å². The van der Waals surface area contributed by atoms with E-state index in [2.05, 4.69) is 79.9 Å². The predicted molar refractivity (Wildman–Crippen MR) is 295 cm³/mol. The molecule has 0 aliphatic carbocycles. The van der Waals surface area contributed by atoms with E-state index >= 15 is 0 Å². The molecule has 1 heterocycles. The first-order valence-corrected chi connectivity index (χ1v) is 29.5. The van der Waals surface area contributed by atoms with Crippen molar-refractivity contribution < 1.29 is 39.8 Å². The molecule has 9 heteroatoms. The van der Waals surface area contributed by atoms with Gasteiger partial charge in [-0.15, -0.1) is 0 Å². The summed E-state index contributed by atoms with van der Waals surface area (Å²) in [5.41, 5.74) is 0. The third-order valence-corrected chi connectivity index (χ3v) is 13.9. The van der Waals surface area contributed by atoms with Crippen LogP contribution < -0.4 is 5.32 Å². The van der Waals surface area contributed by atoms with Gasteiger partial charge in [-0.3, -0.25) is 4.79 Å². The molecular weight excluding hydrogens is 875 g/mol. The second kappa shape index (κ2) is 50.4. The van der Waals surface area contributed by atoms with E-state index in [9.17, 15) is 30.3 Å². The fraction of sp³-hybridized carbons (Fsp3) is 0.820. The minimum Gasteiger partial charge on any atom is -0.394 e. The fourth-order valence-electron chi connectivity index (χ4n) is 9.25. The lowest BCUT2D eigenvalue weighted by Gasteiger charge is -2.40. The Balaban J connectivity index is 2.20. The summed E-state index contributed by atoms with van der Waals surface area (Å²) in [4.78, 5) is 13.1. The van der Waals surface area contributed by atoms with Gasteiger partial charge in [-0.05, 0) is 57.8 Å². The number of hydrogen-bond donors (Lipinski definition) is 6. The standard InChI is InChI=1S/C61H111NO8/c1-3-5-7-9-11-13-15-17-19-21-23-24-25-26-27-28-29-30-31-33-34-36-38-40-42-44-46-48-50-55(64)54(53-69-61-60(68)59(67)58(66)56(52-63)70-61)62-57(65)51-49-47-45-43-41-39-37-35-32-22-20-18-16-14-12-10-8-6-4-2/h6,8,12,14,18,20,32,35,39,41,54-56,58-61,63-64,66-68H,3-5,7,9-11,13,15-17,19,21-31,33-34,36-38,40,42-53H2,1-2H3,(H,62,65)/b8-6-,14-12-,20-18-,35-32-,41-39-. The third-order valence-electron chi connectivity index (χ3n) is 13.9. The molecule has 1 saturated heterocycles. The normalized spacial score (nSPS) is 19.8. The lowest BCUT2D eigenvalue weighted by molar-refractivity contribution is -0.302. The topological polar surface area (TPSA) is 149 Å². The zero-order valence-corrected chi connectivity index (χ0v) is 45.3. The molecule has 9 nitrogen and oxygen atoms in total. The second-order valence-corrected chi connectivity index (χ2v) is 20.4. The van der Waals surface area contributed by atoms with Crippen molar-refractivity contribution in [3.8, 4) is 0 Å². The van der Waals surface area contributed by atoms with Gasteiger partial charge in [0.25, 0.3) is 0 Å². The third kappa shape index (κ3) is 39.4. The van der Waals surface area contributed by atoms with Gasteiger partial charge < -0.3 is 40.3 Å². The molecule has 70 heavy (non-hydrogen) atoms. The molecule has 0 saturated carbocycles. The van der Waals surface area contributed by atoms with Gasteiger partial charge in [0.2, 0.25) is 5.91 Å². The summed E-state index contributed by atoms with van der Waals surface area (Å²) in [6.07, 6.45) is 61.2. The van der Waals surface area contributed by atoms with Crippen LogP contribution in [0, 0.1) is 0 Å². The Morgan fingerprint density at radius 2 is 0.886 bits per heavy atom. The first-order valence-electron chi connectivity index (χ1n) is 29.5. The van der Waals surface area contributed by atoms with E-state index in [1.54, 1.807) is 0 Å². The van der Waals surface area contributed by atoms with E-state index in [1.807, 2.05) is 0 Å². The van der Waals surface area contributed by atoms with Crippen LogP contribution in [0.5, 0.6) is 0 Å². The Kier molecular flexibility index (Phi) is 47.5. The average molecular weight is 987 g/mol. The fourth-order valence-corrected chi connectivity index (χ4v) is 9.25. The van der Waals surface area contributed by atoms with Crippen molar-refractivity contribution in [3.63, 3.8) is 0 Å². The number of amides is 1. The number of ether oxygens (including phenoxy) is 2. The summed E-state index contributed by atoms with van der Waals surface area (Å²) in [5, 5.41) is 54.7. The van der Waals surface area contributed by atoms with Gasteiger partial charge in [0.1, 0.15) is 24.4 Å². The van der Waals surface area contributed by atoms with Crippen molar-refractivity contribution >= 4 is 5.91 Å². The smallest absolute Gasteiger partial charge is 0.220 e. The molecule has 0 aromatic carbocycles. The van der Waals surface area contributed by atoms with E-state index < -0.39 is 49.5 Å². The van der Waals surface area contributed by atoms with Crippen LogP contribution in [0.3, 0.4) is 0 Å². The molecular formula is C61H111NO8. The largest absolute Gasteiger partial charge is 0.394 e. The van der Waals surface area contributed by atoms with Crippen molar-refractivity contribution in [1.29, 1.82) is 0 Å². The Hall–Kier alpha value is -2.11. The van der Waals surface area contributed by atoms with E-state index in [1.165, 1.54) is 161 Å². The maximum atomic E-state index is 13.1. The Morgan fingerprint density at radius 3 is 1.30 bits per heavy atom. The van der Waals surface area contributed by atoms with Gasteiger partial charge in [0.05, 0.1) is 25.4 Å². The summed E-state index contributed by atoms with van der Waals surface area (Å²) >= 11 is 0. The van der Waals surface area contributed by atoms with E-state index in [0.717, 1.165) is 77.0 Å². The first kappa shape index (κ1) is 65.9.